The van der Waals surface area contributed by atoms with Crippen LogP contribution in [0, 0.1) is 5.82 Å². The molecule has 2 amide bonds. The lowest BCUT2D eigenvalue weighted by molar-refractivity contribution is 0.0708. The van der Waals surface area contributed by atoms with E-state index in [4.69, 9.17) is 11.6 Å². The maximum absolute atomic E-state index is 14.1. The second-order valence-electron chi connectivity index (χ2n) is 8.54. The van der Waals surface area contributed by atoms with E-state index in [1.165, 1.54) is 29.5 Å². The zero-order valence-electron chi connectivity index (χ0n) is 18.1. The third kappa shape index (κ3) is 4.52. The van der Waals surface area contributed by atoms with Gasteiger partial charge in [-0.2, -0.15) is 5.10 Å². The maximum atomic E-state index is 14.1. The molecule has 3 aromatic rings. The minimum absolute atomic E-state index is 0.0779. The zero-order valence-corrected chi connectivity index (χ0v) is 19.6. The number of likely N-dealkylation sites (tertiary alicyclic amines) is 1. The van der Waals surface area contributed by atoms with Gasteiger partial charge in [-0.3, -0.25) is 14.3 Å². The number of benzene rings is 1. The number of halogens is 2. The fourth-order valence-electron chi connectivity index (χ4n) is 4.13. The largest absolute Gasteiger partial charge is 0.338 e. The van der Waals surface area contributed by atoms with Gasteiger partial charge in [0.15, 0.2) is 0 Å². The number of carbonyl (C=O) groups is 2. The van der Waals surface area contributed by atoms with Crippen molar-refractivity contribution in [2.45, 2.75) is 37.5 Å². The molecule has 172 valence electrons. The Morgan fingerprint density at radius 3 is 2.64 bits per heavy atom. The minimum Gasteiger partial charge on any atom is -0.338 e. The number of rotatable bonds is 5. The molecule has 5 rings (SSSR count). The Morgan fingerprint density at radius 2 is 1.94 bits per heavy atom. The number of thiazole rings is 1. The van der Waals surface area contributed by atoms with Gasteiger partial charge in [0.05, 0.1) is 21.3 Å². The fraction of sp³-hybridized carbons (Fsp3) is 0.391. The molecule has 1 saturated heterocycles. The summed E-state index contributed by atoms with van der Waals surface area (Å²) < 4.78 is 15.8. The van der Waals surface area contributed by atoms with Gasteiger partial charge in [-0.25, -0.2) is 9.37 Å². The predicted molar refractivity (Wildman–Crippen MR) is 125 cm³/mol. The van der Waals surface area contributed by atoms with Gasteiger partial charge in [0.25, 0.3) is 11.8 Å². The van der Waals surface area contributed by atoms with Gasteiger partial charge in [0, 0.05) is 43.4 Å². The third-order valence-corrected chi connectivity index (χ3v) is 7.52. The molecule has 1 saturated carbocycles. The van der Waals surface area contributed by atoms with Crippen LogP contribution < -0.4 is 5.32 Å². The molecule has 0 unspecified atom stereocenters. The van der Waals surface area contributed by atoms with E-state index in [1.54, 1.807) is 15.0 Å². The Balaban J connectivity index is 1.20. The highest BCUT2D eigenvalue weighted by molar-refractivity contribution is 7.10. The average Bonchev–Trinajstić information content (AvgIpc) is 3.42. The number of piperidine rings is 1. The van der Waals surface area contributed by atoms with Gasteiger partial charge in [0.1, 0.15) is 17.3 Å². The second kappa shape index (κ2) is 8.87. The molecule has 2 aromatic heterocycles. The summed E-state index contributed by atoms with van der Waals surface area (Å²) in [5.74, 6) is 0.0647. The summed E-state index contributed by atoms with van der Waals surface area (Å²) in [5.41, 5.74) is 1.32. The summed E-state index contributed by atoms with van der Waals surface area (Å²) in [7, 11) is 1.82. The highest BCUT2D eigenvalue weighted by Crippen LogP contribution is 2.40. The van der Waals surface area contributed by atoms with Gasteiger partial charge in [-0.15, -0.1) is 11.3 Å². The van der Waals surface area contributed by atoms with Crippen LogP contribution in [0.25, 0.3) is 0 Å². The van der Waals surface area contributed by atoms with Crippen LogP contribution in [0.1, 0.15) is 69.1 Å². The first kappa shape index (κ1) is 22.0. The molecule has 0 bridgehead atoms. The van der Waals surface area contributed by atoms with Crippen molar-refractivity contribution in [2.24, 2.45) is 7.05 Å². The molecule has 1 aliphatic heterocycles. The fourth-order valence-corrected chi connectivity index (χ4v) is 5.35. The van der Waals surface area contributed by atoms with E-state index < -0.39 is 11.7 Å². The number of carbonyl (C=O) groups excluding carboxylic acids is 2. The molecule has 1 N–H and O–H groups in total. The SMILES string of the molecule is Cn1nc(C2CC2)cc1NC(=O)c1csc(C2CCN(C(=O)c3c(F)cccc3Cl)CC2)n1. The van der Waals surface area contributed by atoms with Crippen LogP contribution in [-0.2, 0) is 7.05 Å². The van der Waals surface area contributed by atoms with E-state index in [9.17, 15) is 14.0 Å². The zero-order chi connectivity index (χ0) is 23.1. The van der Waals surface area contributed by atoms with Gasteiger partial charge in [-0.1, -0.05) is 17.7 Å². The Morgan fingerprint density at radius 1 is 1.18 bits per heavy atom. The van der Waals surface area contributed by atoms with Gasteiger partial charge in [-0.05, 0) is 37.8 Å². The number of anilines is 1. The van der Waals surface area contributed by atoms with Crippen LogP contribution in [0.3, 0.4) is 0 Å². The number of aromatic nitrogens is 3. The van der Waals surface area contributed by atoms with Crippen molar-refractivity contribution in [3.8, 4) is 0 Å². The first-order chi connectivity index (χ1) is 15.9. The van der Waals surface area contributed by atoms with Crippen molar-refractivity contribution >= 4 is 40.6 Å². The summed E-state index contributed by atoms with van der Waals surface area (Å²) in [5, 5.41) is 10.1. The Bertz CT molecular complexity index is 1190. The summed E-state index contributed by atoms with van der Waals surface area (Å²) in [6.45, 7) is 0.961. The molecule has 3 heterocycles. The van der Waals surface area contributed by atoms with Crippen molar-refractivity contribution in [1.82, 2.24) is 19.7 Å². The Kier molecular flexibility index (Phi) is 5.92. The molecule has 2 aliphatic rings. The van der Waals surface area contributed by atoms with Crippen molar-refractivity contribution < 1.29 is 14.0 Å². The van der Waals surface area contributed by atoms with Gasteiger partial charge in [0.2, 0.25) is 0 Å². The van der Waals surface area contributed by atoms with Crippen molar-refractivity contribution in [3.63, 3.8) is 0 Å². The van der Waals surface area contributed by atoms with Crippen LogP contribution in [0.15, 0.2) is 29.6 Å². The topological polar surface area (TPSA) is 80.1 Å². The lowest BCUT2D eigenvalue weighted by Crippen LogP contribution is -2.38. The summed E-state index contributed by atoms with van der Waals surface area (Å²) in [6, 6.07) is 6.17. The number of aryl methyl sites for hydroxylation is 1. The smallest absolute Gasteiger partial charge is 0.276 e. The van der Waals surface area contributed by atoms with Crippen LogP contribution in [0.4, 0.5) is 10.2 Å². The van der Waals surface area contributed by atoms with Crippen LogP contribution in [-0.4, -0.2) is 44.6 Å². The van der Waals surface area contributed by atoms with Crippen LogP contribution in [0.2, 0.25) is 5.02 Å². The number of amides is 2. The third-order valence-electron chi connectivity index (χ3n) is 6.20. The lowest BCUT2D eigenvalue weighted by atomic mass is 9.97. The molecule has 10 heteroatoms. The standard InChI is InChI=1S/C23H23ClFN5O2S/c1-29-19(11-17(28-29)13-5-6-13)27-21(31)18-12-33-22(26-18)14-7-9-30(10-8-14)23(32)20-15(24)3-2-4-16(20)25/h2-4,11-14H,5-10H2,1H3,(H,27,31). The normalized spacial score (nSPS) is 16.8. The first-order valence-electron chi connectivity index (χ1n) is 10.9. The Hall–Kier alpha value is -2.78. The van der Waals surface area contributed by atoms with E-state index in [0.717, 1.165) is 23.5 Å². The quantitative estimate of drug-likeness (QED) is 0.559. The van der Waals surface area contributed by atoms with E-state index >= 15 is 0 Å². The monoisotopic (exact) mass is 487 g/mol. The lowest BCUT2D eigenvalue weighted by Gasteiger charge is -2.31. The van der Waals surface area contributed by atoms with E-state index in [0.29, 0.717) is 43.4 Å². The van der Waals surface area contributed by atoms with E-state index in [-0.39, 0.29) is 22.4 Å². The van der Waals surface area contributed by atoms with Gasteiger partial charge >= 0.3 is 0 Å². The Labute approximate surface area is 199 Å². The molecular weight excluding hydrogens is 465 g/mol. The molecule has 1 aromatic carbocycles. The molecule has 1 aliphatic carbocycles. The van der Waals surface area contributed by atoms with Crippen molar-refractivity contribution in [2.75, 3.05) is 18.4 Å². The molecule has 2 fully saturated rings. The van der Waals surface area contributed by atoms with Crippen LogP contribution >= 0.6 is 22.9 Å². The number of hydrogen-bond acceptors (Lipinski definition) is 5. The number of nitrogens with zero attached hydrogens (tertiary/aromatic N) is 4. The molecule has 7 nitrogen and oxygen atoms in total. The highest BCUT2D eigenvalue weighted by Gasteiger charge is 2.30. The summed E-state index contributed by atoms with van der Waals surface area (Å²) in [6.07, 6.45) is 3.69. The molecule has 0 radical (unpaired) electrons. The van der Waals surface area contributed by atoms with Crippen molar-refractivity contribution in [3.05, 3.63) is 62.4 Å². The molecule has 33 heavy (non-hydrogen) atoms. The van der Waals surface area contributed by atoms with Crippen LogP contribution in [0.5, 0.6) is 0 Å². The minimum atomic E-state index is -0.608. The molecule has 0 spiro atoms. The average molecular weight is 488 g/mol. The first-order valence-corrected chi connectivity index (χ1v) is 12.2. The number of hydrogen-bond donors (Lipinski definition) is 1. The second-order valence-corrected chi connectivity index (χ2v) is 9.84. The van der Waals surface area contributed by atoms with Crippen molar-refractivity contribution in [1.29, 1.82) is 0 Å². The predicted octanol–water partition coefficient (Wildman–Crippen LogP) is 4.82. The molecular formula is C23H23ClFN5O2S. The number of nitrogens with one attached hydrogen (secondary N) is 1. The maximum Gasteiger partial charge on any atom is 0.276 e. The highest BCUT2D eigenvalue weighted by atomic mass is 35.5. The molecule has 0 atom stereocenters. The van der Waals surface area contributed by atoms with E-state index in [2.05, 4.69) is 15.4 Å². The van der Waals surface area contributed by atoms with Gasteiger partial charge < -0.3 is 10.2 Å². The summed E-state index contributed by atoms with van der Waals surface area (Å²) >= 11 is 7.50. The summed E-state index contributed by atoms with van der Waals surface area (Å²) in [4.78, 5) is 31.7. The van der Waals surface area contributed by atoms with E-state index in [1.807, 2.05) is 13.1 Å².